The Balaban J connectivity index is 1.92. The minimum Gasteiger partial charge on any atom is -0.477 e. The van der Waals surface area contributed by atoms with E-state index in [1.807, 2.05) is 0 Å². The third kappa shape index (κ3) is 4.98. The van der Waals surface area contributed by atoms with E-state index in [1.54, 1.807) is 23.6 Å². The number of carboxylic acids is 1. The molecule has 0 aliphatic rings. The maximum atomic E-state index is 12.0. The Morgan fingerprint density at radius 3 is 2.48 bits per heavy atom. The highest BCUT2D eigenvalue weighted by Gasteiger charge is 2.30. The number of thiophene rings is 1. The van der Waals surface area contributed by atoms with Crippen molar-refractivity contribution >= 4 is 29.1 Å². The van der Waals surface area contributed by atoms with Crippen LogP contribution in [0.1, 0.15) is 15.2 Å². The maximum absolute atomic E-state index is 12.0. The number of thioether (sulfide) groups is 1. The second-order valence-electron chi connectivity index (χ2n) is 3.93. The number of rotatable bonds is 5. The van der Waals surface area contributed by atoms with Crippen LogP contribution in [-0.2, 0) is 5.75 Å². The largest absolute Gasteiger partial charge is 0.573 e. The SMILES string of the molecule is O=C(O)c1cc(SCc2ccc(OC(F)(F)F)cc2)cs1. The van der Waals surface area contributed by atoms with E-state index in [4.69, 9.17) is 5.11 Å². The first-order valence-electron chi connectivity index (χ1n) is 5.63. The van der Waals surface area contributed by atoms with Gasteiger partial charge in [-0.15, -0.1) is 36.3 Å². The van der Waals surface area contributed by atoms with Gasteiger partial charge in [0.15, 0.2) is 0 Å². The molecule has 1 aromatic carbocycles. The summed E-state index contributed by atoms with van der Waals surface area (Å²) in [5, 5.41) is 10.5. The fourth-order valence-corrected chi connectivity index (χ4v) is 3.29. The number of hydrogen-bond acceptors (Lipinski definition) is 4. The molecule has 2 aromatic rings. The van der Waals surface area contributed by atoms with Crippen molar-refractivity contribution in [1.29, 1.82) is 0 Å². The number of halogens is 3. The van der Waals surface area contributed by atoms with Crippen LogP contribution in [0.15, 0.2) is 40.6 Å². The van der Waals surface area contributed by atoms with Crippen molar-refractivity contribution in [2.24, 2.45) is 0 Å². The molecule has 8 heteroatoms. The molecule has 0 atom stereocenters. The summed E-state index contributed by atoms with van der Waals surface area (Å²) in [4.78, 5) is 11.8. The Morgan fingerprint density at radius 1 is 1.29 bits per heavy atom. The zero-order valence-corrected chi connectivity index (χ0v) is 12.0. The lowest BCUT2D eigenvalue weighted by Crippen LogP contribution is -2.16. The Morgan fingerprint density at radius 2 is 1.95 bits per heavy atom. The zero-order valence-electron chi connectivity index (χ0n) is 10.4. The van der Waals surface area contributed by atoms with Crippen LogP contribution in [-0.4, -0.2) is 17.4 Å². The molecule has 3 nitrogen and oxygen atoms in total. The second-order valence-corrected chi connectivity index (χ2v) is 5.89. The molecule has 0 aliphatic carbocycles. The average molecular weight is 334 g/mol. The van der Waals surface area contributed by atoms with Gasteiger partial charge in [0.25, 0.3) is 0 Å². The van der Waals surface area contributed by atoms with Crippen molar-refractivity contribution in [3.8, 4) is 5.75 Å². The molecular weight excluding hydrogens is 325 g/mol. The van der Waals surface area contributed by atoms with Crippen LogP contribution in [0.5, 0.6) is 5.75 Å². The van der Waals surface area contributed by atoms with Gasteiger partial charge in [-0.05, 0) is 23.8 Å². The number of carbonyl (C=O) groups is 1. The van der Waals surface area contributed by atoms with Crippen LogP contribution >= 0.6 is 23.1 Å². The van der Waals surface area contributed by atoms with Gasteiger partial charge in [-0.25, -0.2) is 4.79 Å². The molecule has 0 aliphatic heterocycles. The van der Waals surface area contributed by atoms with Crippen molar-refractivity contribution in [3.05, 3.63) is 46.2 Å². The van der Waals surface area contributed by atoms with E-state index >= 15 is 0 Å². The van der Waals surface area contributed by atoms with Gasteiger partial charge in [0, 0.05) is 16.0 Å². The zero-order chi connectivity index (χ0) is 15.5. The topological polar surface area (TPSA) is 46.5 Å². The van der Waals surface area contributed by atoms with Crippen LogP contribution in [0.2, 0.25) is 0 Å². The van der Waals surface area contributed by atoms with Gasteiger partial charge < -0.3 is 9.84 Å². The first-order valence-corrected chi connectivity index (χ1v) is 7.49. The number of benzene rings is 1. The van der Waals surface area contributed by atoms with E-state index in [9.17, 15) is 18.0 Å². The average Bonchev–Trinajstić information content (AvgIpc) is 2.85. The summed E-state index contributed by atoms with van der Waals surface area (Å²) in [5.41, 5.74) is 0.817. The highest BCUT2D eigenvalue weighted by atomic mass is 32.2. The monoisotopic (exact) mass is 334 g/mol. The molecule has 2 rings (SSSR count). The van der Waals surface area contributed by atoms with Gasteiger partial charge in [-0.1, -0.05) is 12.1 Å². The lowest BCUT2D eigenvalue weighted by molar-refractivity contribution is -0.274. The molecule has 0 amide bonds. The summed E-state index contributed by atoms with van der Waals surface area (Å²) in [6.07, 6.45) is -4.69. The van der Waals surface area contributed by atoms with Crippen LogP contribution in [0, 0.1) is 0 Å². The van der Waals surface area contributed by atoms with E-state index in [0.29, 0.717) is 5.75 Å². The van der Waals surface area contributed by atoms with Crippen molar-refractivity contribution in [2.45, 2.75) is 17.0 Å². The number of aromatic carboxylic acids is 1. The molecule has 0 radical (unpaired) electrons. The minimum atomic E-state index is -4.69. The van der Waals surface area contributed by atoms with Gasteiger partial charge in [-0.3, -0.25) is 0 Å². The van der Waals surface area contributed by atoms with E-state index in [-0.39, 0.29) is 10.6 Å². The molecule has 0 spiro atoms. The lowest BCUT2D eigenvalue weighted by atomic mass is 10.2. The molecule has 1 aromatic heterocycles. The number of carboxylic acid groups (broad SMARTS) is 1. The molecule has 0 fully saturated rings. The fourth-order valence-electron chi connectivity index (χ4n) is 1.46. The molecule has 0 bridgehead atoms. The quantitative estimate of drug-likeness (QED) is 0.809. The summed E-state index contributed by atoms with van der Waals surface area (Å²) < 4.78 is 39.8. The summed E-state index contributed by atoms with van der Waals surface area (Å²) in [7, 11) is 0. The van der Waals surface area contributed by atoms with Gasteiger partial charge in [0.2, 0.25) is 0 Å². The third-order valence-electron chi connectivity index (χ3n) is 2.35. The molecule has 1 N–H and O–H groups in total. The first kappa shape index (κ1) is 15.7. The Bertz CT molecular complexity index is 620. The van der Waals surface area contributed by atoms with Crippen LogP contribution in [0.3, 0.4) is 0 Å². The van der Waals surface area contributed by atoms with E-state index in [0.717, 1.165) is 21.8 Å². The summed E-state index contributed by atoms with van der Waals surface area (Å²) in [5.74, 6) is -0.706. The molecule has 0 unspecified atom stereocenters. The van der Waals surface area contributed by atoms with Crippen molar-refractivity contribution < 1.29 is 27.8 Å². The standard InChI is InChI=1S/C13H9F3O3S2/c14-13(15,16)19-9-3-1-8(2-4-9)6-20-10-5-11(12(17)18)21-7-10/h1-5,7H,6H2,(H,17,18). The predicted molar refractivity (Wildman–Crippen MR) is 74.0 cm³/mol. The second kappa shape index (κ2) is 6.40. The Kier molecular flexibility index (Phi) is 4.79. The number of alkyl halides is 3. The molecule has 21 heavy (non-hydrogen) atoms. The van der Waals surface area contributed by atoms with Crippen LogP contribution in [0.25, 0.3) is 0 Å². The van der Waals surface area contributed by atoms with Gasteiger partial charge in [-0.2, -0.15) is 0 Å². The van der Waals surface area contributed by atoms with E-state index in [1.165, 1.54) is 23.9 Å². The normalized spacial score (nSPS) is 11.4. The summed E-state index contributed by atoms with van der Waals surface area (Å²) >= 11 is 2.55. The Labute approximate surface area is 126 Å². The van der Waals surface area contributed by atoms with E-state index in [2.05, 4.69) is 4.74 Å². The summed E-state index contributed by atoms with van der Waals surface area (Å²) in [6.45, 7) is 0. The van der Waals surface area contributed by atoms with Crippen molar-refractivity contribution in [1.82, 2.24) is 0 Å². The molecule has 1 heterocycles. The smallest absolute Gasteiger partial charge is 0.477 e. The number of ether oxygens (including phenoxy) is 1. The van der Waals surface area contributed by atoms with E-state index < -0.39 is 12.3 Å². The number of hydrogen-bond donors (Lipinski definition) is 1. The Hall–Kier alpha value is -1.67. The van der Waals surface area contributed by atoms with Gasteiger partial charge in [0.1, 0.15) is 10.6 Å². The minimum absolute atomic E-state index is 0.256. The molecule has 112 valence electrons. The highest BCUT2D eigenvalue weighted by molar-refractivity contribution is 7.98. The van der Waals surface area contributed by atoms with Crippen molar-refractivity contribution in [3.63, 3.8) is 0 Å². The molecule has 0 saturated carbocycles. The van der Waals surface area contributed by atoms with Crippen LogP contribution < -0.4 is 4.74 Å². The molecule has 0 saturated heterocycles. The van der Waals surface area contributed by atoms with Gasteiger partial charge in [0.05, 0.1) is 0 Å². The van der Waals surface area contributed by atoms with Gasteiger partial charge >= 0.3 is 12.3 Å². The lowest BCUT2D eigenvalue weighted by Gasteiger charge is -2.09. The third-order valence-corrected chi connectivity index (χ3v) is 4.46. The fraction of sp³-hybridized carbons (Fsp3) is 0.154. The maximum Gasteiger partial charge on any atom is 0.573 e. The van der Waals surface area contributed by atoms with Crippen molar-refractivity contribution in [2.75, 3.05) is 0 Å². The summed E-state index contributed by atoms with van der Waals surface area (Å²) in [6, 6.07) is 7.15. The highest BCUT2D eigenvalue weighted by Crippen LogP contribution is 2.29. The van der Waals surface area contributed by atoms with Crippen LogP contribution in [0.4, 0.5) is 13.2 Å². The predicted octanol–water partition coefficient (Wildman–Crippen LogP) is 4.64. The first-order chi connectivity index (χ1) is 9.83. The molecular formula is C13H9F3O3S2.